The van der Waals surface area contributed by atoms with Gasteiger partial charge in [0.2, 0.25) is 0 Å². The SMILES string of the molecule is CC1=CC[C]([Zr+2][CH]2C(p3c4c(c5ccccc53)CCC4)=Cc3ccccc32)=C1C.[Cl-].[Cl-]. The van der Waals surface area contributed by atoms with Crippen LogP contribution < -0.4 is 24.8 Å². The van der Waals surface area contributed by atoms with Crippen LogP contribution in [-0.2, 0) is 36.1 Å². The van der Waals surface area contributed by atoms with Crippen molar-refractivity contribution in [3.8, 4) is 0 Å². The van der Waals surface area contributed by atoms with Gasteiger partial charge in [0, 0.05) is 0 Å². The monoisotopic (exact) mass is 540 g/mol. The second-order valence-corrected chi connectivity index (χ2v) is 14.4. The summed E-state index contributed by atoms with van der Waals surface area (Å²) >= 11 is -0.730. The minimum atomic E-state index is -0.730. The van der Waals surface area contributed by atoms with E-state index in [0.29, 0.717) is 3.63 Å². The van der Waals surface area contributed by atoms with Crippen molar-refractivity contribution in [2.45, 2.75) is 43.2 Å². The fourth-order valence-electron chi connectivity index (χ4n) is 5.42. The first kappa shape index (κ1) is 23.3. The predicted octanol–water partition coefficient (Wildman–Crippen LogP) is 2.08. The van der Waals surface area contributed by atoms with Gasteiger partial charge in [0.25, 0.3) is 0 Å². The molecule has 2 unspecified atom stereocenters. The van der Waals surface area contributed by atoms with Crippen LogP contribution in [0.25, 0.3) is 21.9 Å². The molecule has 156 valence electrons. The van der Waals surface area contributed by atoms with Crippen molar-refractivity contribution in [1.29, 1.82) is 0 Å². The molecule has 6 rings (SSSR count). The first-order valence-corrected chi connectivity index (χ1v) is 14.8. The summed E-state index contributed by atoms with van der Waals surface area (Å²) < 4.78 is 2.53. The van der Waals surface area contributed by atoms with Crippen LogP contribution in [0.1, 0.15) is 52.3 Å². The van der Waals surface area contributed by atoms with E-state index in [1.54, 1.807) is 32.5 Å². The van der Waals surface area contributed by atoms with E-state index in [-0.39, 0.29) is 32.3 Å². The van der Waals surface area contributed by atoms with Gasteiger partial charge in [0.05, 0.1) is 0 Å². The van der Waals surface area contributed by atoms with Crippen LogP contribution in [0.15, 0.2) is 69.0 Å². The van der Waals surface area contributed by atoms with Crippen LogP contribution in [-0.4, -0.2) is 0 Å². The number of halogens is 2. The van der Waals surface area contributed by atoms with Crippen molar-refractivity contribution in [3.05, 3.63) is 91.0 Å². The van der Waals surface area contributed by atoms with Crippen LogP contribution in [0.4, 0.5) is 0 Å². The first-order valence-electron chi connectivity index (χ1n) is 10.8. The first-order chi connectivity index (χ1) is 14.2. The number of aryl methyl sites for hydroxylation is 1. The second kappa shape index (κ2) is 9.19. The minimum Gasteiger partial charge on any atom is -1.00 e. The van der Waals surface area contributed by atoms with Crippen molar-refractivity contribution in [2.75, 3.05) is 0 Å². The molecule has 3 aliphatic carbocycles. The van der Waals surface area contributed by atoms with E-state index in [2.05, 4.69) is 74.5 Å². The topological polar surface area (TPSA) is 0 Å². The van der Waals surface area contributed by atoms with Crippen molar-refractivity contribution in [1.82, 2.24) is 0 Å². The minimum absolute atomic E-state index is 0. The molecule has 3 aliphatic rings. The van der Waals surface area contributed by atoms with E-state index >= 15 is 0 Å². The third-order valence-corrected chi connectivity index (χ3v) is 15.0. The van der Waals surface area contributed by atoms with Gasteiger partial charge in [-0.3, -0.25) is 0 Å². The molecule has 2 aromatic carbocycles. The summed E-state index contributed by atoms with van der Waals surface area (Å²) in [5.74, 6) is 0. The number of fused-ring (bicyclic) bond motifs is 4. The van der Waals surface area contributed by atoms with Crippen molar-refractivity contribution >= 4 is 29.4 Å². The van der Waals surface area contributed by atoms with Crippen LogP contribution in [0.2, 0.25) is 0 Å². The number of hydrogen-bond donors (Lipinski definition) is 0. The van der Waals surface area contributed by atoms with Crippen LogP contribution >= 0.6 is 7.53 Å². The molecule has 1 heterocycles. The van der Waals surface area contributed by atoms with Gasteiger partial charge in [0.1, 0.15) is 0 Å². The van der Waals surface area contributed by atoms with Gasteiger partial charge < -0.3 is 24.8 Å². The summed E-state index contributed by atoms with van der Waals surface area (Å²) in [6, 6.07) is 18.6. The molecular formula is C27H25Cl2PZr. The Labute approximate surface area is 210 Å². The summed E-state index contributed by atoms with van der Waals surface area (Å²) in [5.41, 5.74) is 7.98. The van der Waals surface area contributed by atoms with E-state index in [0.717, 1.165) is 0 Å². The molecule has 3 aromatic rings. The van der Waals surface area contributed by atoms with E-state index in [1.807, 2.05) is 8.58 Å². The zero-order chi connectivity index (χ0) is 19.5. The fourth-order valence-corrected chi connectivity index (χ4v) is 13.9. The van der Waals surface area contributed by atoms with Gasteiger partial charge >= 0.3 is 187 Å². The van der Waals surface area contributed by atoms with Crippen molar-refractivity contribution in [2.24, 2.45) is 0 Å². The molecule has 0 saturated heterocycles. The van der Waals surface area contributed by atoms with Gasteiger partial charge in [-0.05, 0) is 0 Å². The normalized spacial score (nSPS) is 19.3. The molecule has 0 amide bonds. The maximum absolute atomic E-state index is 2.61. The van der Waals surface area contributed by atoms with Crippen molar-refractivity contribution < 1.29 is 48.0 Å². The second-order valence-electron chi connectivity index (χ2n) is 8.60. The number of allylic oxidation sites excluding steroid dienone is 5. The van der Waals surface area contributed by atoms with Crippen molar-refractivity contribution in [3.63, 3.8) is 0 Å². The maximum atomic E-state index is 2.61. The predicted molar refractivity (Wildman–Crippen MR) is 123 cm³/mol. The summed E-state index contributed by atoms with van der Waals surface area (Å²) in [5, 5.41) is 6.84. The Kier molecular flexibility index (Phi) is 6.92. The molecule has 0 fully saturated rings. The van der Waals surface area contributed by atoms with Crippen LogP contribution in [0.3, 0.4) is 0 Å². The summed E-state index contributed by atoms with van der Waals surface area (Å²) in [7, 11) is -0.290. The third-order valence-electron chi connectivity index (χ3n) is 7.07. The molecule has 0 spiro atoms. The summed E-state index contributed by atoms with van der Waals surface area (Å²) in [6.07, 6.45) is 10.3. The molecule has 0 radical (unpaired) electrons. The van der Waals surface area contributed by atoms with Gasteiger partial charge in [-0.15, -0.1) is 0 Å². The molecule has 0 bridgehead atoms. The molecule has 31 heavy (non-hydrogen) atoms. The number of hydrogen-bond acceptors (Lipinski definition) is 0. The fraction of sp³-hybridized carbons (Fsp3) is 0.259. The quantitative estimate of drug-likeness (QED) is 0.476. The van der Waals surface area contributed by atoms with Gasteiger partial charge in [-0.25, -0.2) is 0 Å². The average Bonchev–Trinajstić information content (AvgIpc) is 3.48. The van der Waals surface area contributed by atoms with E-state index in [9.17, 15) is 0 Å². The Morgan fingerprint density at radius 2 is 1.71 bits per heavy atom. The molecular weight excluding hydrogens is 517 g/mol. The van der Waals surface area contributed by atoms with E-state index in [1.165, 1.54) is 36.8 Å². The zero-order valence-corrected chi connectivity index (χ0v) is 22.7. The van der Waals surface area contributed by atoms with E-state index < -0.39 is 23.2 Å². The Morgan fingerprint density at radius 1 is 0.935 bits per heavy atom. The standard InChI is InChI=1S/C20H16P.C7H9.2ClH.Zr/c1-2-7-15-13-16(12-14(15)6-1)21-19-10-4-3-8-17(19)18-9-5-11-20(18)21;1-6-4-3-5-7(6)2;;;/h1-4,6-8,10,12-13H,5,9,11H2;4H,3H2,1-2H3;2*1H;/q;;;;+2/p-2. The Bertz CT molecular complexity index is 1260. The molecule has 0 aliphatic heterocycles. The molecule has 4 heteroatoms. The number of rotatable bonds is 3. The maximum Gasteiger partial charge on any atom is -1.00 e. The van der Waals surface area contributed by atoms with Crippen LogP contribution in [0, 0.1) is 0 Å². The van der Waals surface area contributed by atoms with Gasteiger partial charge in [-0.1, -0.05) is 0 Å². The number of benzene rings is 2. The zero-order valence-electron chi connectivity index (χ0n) is 17.9. The van der Waals surface area contributed by atoms with E-state index in [4.69, 9.17) is 0 Å². The molecule has 0 nitrogen and oxygen atoms in total. The molecule has 0 N–H and O–H groups in total. The van der Waals surface area contributed by atoms with Crippen LogP contribution in [0.5, 0.6) is 0 Å². The molecule has 2 atom stereocenters. The van der Waals surface area contributed by atoms with Gasteiger partial charge in [0.15, 0.2) is 0 Å². The summed E-state index contributed by atoms with van der Waals surface area (Å²) in [6.45, 7) is 4.67. The Balaban J connectivity index is 0.00000116. The summed E-state index contributed by atoms with van der Waals surface area (Å²) in [4.78, 5) is 0. The average molecular weight is 543 g/mol. The Hall–Kier alpha value is -0.837. The van der Waals surface area contributed by atoms with Gasteiger partial charge in [-0.2, -0.15) is 0 Å². The smallest absolute Gasteiger partial charge is 1.00 e. The molecule has 0 saturated carbocycles. The largest absolute Gasteiger partial charge is 1.00 e. The third kappa shape index (κ3) is 3.71. The molecule has 1 aromatic heterocycles. The Morgan fingerprint density at radius 3 is 2.52 bits per heavy atom.